The molecule has 100 valence electrons. The van der Waals surface area contributed by atoms with Crippen LogP contribution in [-0.4, -0.2) is 24.4 Å². The van der Waals surface area contributed by atoms with E-state index in [1.165, 1.54) is 0 Å². The third-order valence-corrected chi connectivity index (χ3v) is 3.58. The number of hydrogen-bond donors (Lipinski definition) is 2. The largest absolute Gasteiger partial charge is 0.492 e. The Balaban J connectivity index is 1.86. The summed E-state index contributed by atoms with van der Waals surface area (Å²) in [4.78, 5) is 0. The monoisotopic (exact) mass is 249 g/mol. The van der Waals surface area contributed by atoms with E-state index in [2.05, 4.69) is 11.4 Å². The molecule has 3 nitrogen and oxygen atoms in total. The smallest absolute Gasteiger partial charge is 0.142 e. The Morgan fingerprint density at radius 1 is 1.22 bits per heavy atom. The van der Waals surface area contributed by atoms with Crippen molar-refractivity contribution >= 4 is 5.69 Å². The molecule has 0 radical (unpaired) electrons. The van der Waals surface area contributed by atoms with Gasteiger partial charge in [-0.25, -0.2) is 0 Å². The Kier molecular flexibility index (Phi) is 4.88. The number of anilines is 1. The van der Waals surface area contributed by atoms with Crippen LogP contribution >= 0.6 is 0 Å². The molecular formula is C15H23NO2. The van der Waals surface area contributed by atoms with E-state index in [1.54, 1.807) is 0 Å². The van der Waals surface area contributed by atoms with Gasteiger partial charge in [-0.3, -0.25) is 0 Å². The molecule has 1 aromatic carbocycles. The number of aliphatic hydroxyl groups excluding tert-OH is 1. The van der Waals surface area contributed by atoms with E-state index >= 15 is 0 Å². The van der Waals surface area contributed by atoms with Gasteiger partial charge in [0.1, 0.15) is 5.75 Å². The van der Waals surface area contributed by atoms with Gasteiger partial charge < -0.3 is 15.2 Å². The maximum absolute atomic E-state index is 9.49. The molecule has 0 aromatic heterocycles. The quantitative estimate of drug-likeness (QED) is 0.842. The van der Waals surface area contributed by atoms with Gasteiger partial charge in [0.25, 0.3) is 0 Å². The van der Waals surface area contributed by atoms with Gasteiger partial charge in [-0.1, -0.05) is 12.1 Å². The van der Waals surface area contributed by atoms with Gasteiger partial charge in [-0.05, 0) is 50.7 Å². The lowest BCUT2D eigenvalue weighted by atomic mass is 9.87. The van der Waals surface area contributed by atoms with Gasteiger partial charge >= 0.3 is 0 Å². The van der Waals surface area contributed by atoms with E-state index in [9.17, 15) is 5.11 Å². The molecule has 1 aliphatic rings. The minimum Gasteiger partial charge on any atom is -0.492 e. The maximum atomic E-state index is 9.49. The SMILES string of the molecule is CCOc1ccccc1NCC1CCC(O)CC1. The summed E-state index contributed by atoms with van der Waals surface area (Å²) in [7, 11) is 0. The first-order chi connectivity index (χ1) is 8.79. The summed E-state index contributed by atoms with van der Waals surface area (Å²) < 4.78 is 5.59. The molecule has 0 bridgehead atoms. The number of rotatable bonds is 5. The number of nitrogens with one attached hydrogen (secondary N) is 1. The number of benzene rings is 1. The van der Waals surface area contributed by atoms with Crippen LogP contribution in [0.3, 0.4) is 0 Å². The molecule has 0 aliphatic heterocycles. The molecular weight excluding hydrogens is 226 g/mol. The van der Waals surface area contributed by atoms with Crippen molar-refractivity contribution in [1.82, 2.24) is 0 Å². The summed E-state index contributed by atoms with van der Waals surface area (Å²) in [5.41, 5.74) is 1.07. The van der Waals surface area contributed by atoms with E-state index in [4.69, 9.17) is 4.74 Å². The molecule has 2 N–H and O–H groups in total. The Morgan fingerprint density at radius 3 is 2.67 bits per heavy atom. The van der Waals surface area contributed by atoms with Gasteiger partial charge in [-0.2, -0.15) is 0 Å². The lowest BCUT2D eigenvalue weighted by Gasteiger charge is -2.26. The fraction of sp³-hybridized carbons (Fsp3) is 0.600. The summed E-state index contributed by atoms with van der Waals surface area (Å²) in [6.07, 6.45) is 4.05. The highest BCUT2D eigenvalue weighted by molar-refractivity contribution is 5.56. The highest BCUT2D eigenvalue weighted by atomic mass is 16.5. The predicted octanol–water partition coefficient (Wildman–Crippen LogP) is 3.05. The van der Waals surface area contributed by atoms with E-state index in [0.29, 0.717) is 12.5 Å². The minimum absolute atomic E-state index is 0.0723. The second-order valence-electron chi connectivity index (χ2n) is 4.98. The molecule has 1 aliphatic carbocycles. The summed E-state index contributed by atoms with van der Waals surface area (Å²) >= 11 is 0. The van der Waals surface area contributed by atoms with E-state index in [-0.39, 0.29) is 6.10 Å². The van der Waals surface area contributed by atoms with Crippen molar-refractivity contribution in [2.45, 2.75) is 38.7 Å². The second kappa shape index (κ2) is 6.64. The zero-order valence-corrected chi connectivity index (χ0v) is 11.1. The van der Waals surface area contributed by atoms with Gasteiger partial charge in [0.15, 0.2) is 0 Å². The second-order valence-corrected chi connectivity index (χ2v) is 4.98. The lowest BCUT2D eigenvalue weighted by molar-refractivity contribution is 0.111. The number of hydrogen-bond acceptors (Lipinski definition) is 3. The number of aliphatic hydroxyl groups is 1. The van der Waals surface area contributed by atoms with Crippen molar-refractivity contribution in [3.05, 3.63) is 24.3 Å². The molecule has 0 amide bonds. The summed E-state index contributed by atoms with van der Waals surface area (Å²) in [5, 5.41) is 13.0. The van der Waals surface area contributed by atoms with Crippen molar-refractivity contribution in [1.29, 1.82) is 0 Å². The van der Waals surface area contributed by atoms with Crippen LogP contribution in [0.5, 0.6) is 5.75 Å². The van der Waals surface area contributed by atoms with Crippen LogP contribution in [0.25, 0.3) is 0 Å². The Morgan fingerprint density at radius 2 is 1.94 bits per heavy atom. The van der Waals surface area contributed by atoms with Crippen molar-refractivity contribution in [2.75, 3.05) is 18.5 Å². The fourth-order valence-electron chi connectivity index (χ4n) is 2.50. The zero-order chi connectivity index (χ0) is 12.8. The van der Waals surface area contributed by atoms with Gasteiger partial charge in [0.2, 0.25) is 0 Å². The van der Waals surface area contributed by atoms with Crippen molar-refractivity contribution in [3.63, 3.8) is 0 Å². The predicted molar refractivity (Wildman–Crippen MR) is 74.1 cm³/mol. The number of ether oxygens (including phenoxy) is 1. The van der Waals surface area contributed by atoms with E-state index in [0.717, 1.165) is 43.7 Å². The molecule has 0 unspecified atom stereocenters. The summed E-state index contributed by atoms with van der Waals surface area (Å²) in [6, 6.07) is 8.07. The summed E-state index contributed by atoms with van der Waals surface area (Å²) in [6.45, 7) is 3.66. The highest BCUT2D eigenvalue weighted by Crippen LogP contribution is 2.27. The number of para-hydroxylation sites is 2. The third-order valence-electron chi connectivity index (χ3n) is 3.58. The van der Waals surface area contributed by atoms with Crippen molar-refractivity contribution < 1.29 is 9.84 Å². The first kappa shape index (κ1) is 13.2. The first-order valence-electron chi connectivity index (χ1n) is 6.93. The normalized spacial score (nSPS) is 23.7. The Hall–Kier alpha value is -1.22. The molecule has 1 saturated carbocycles. The van der Waals surface area contributed by atoms with Crippen LogP contribution in [0.15, 0.2) is 24.3 Å². The third kappa shape index (κ3) is 3.64. The average molecular weight is 249 g/mol. The van der Waals surface area contributed by atoms with Gasteiger partial charge in [0.05, 0.1) is 18.4 Å². The van der Waals surface area contributed by atoms with E-state index in [1.807, 2.05) is 25.1 Å². The zero-order valence-electron chi connectivity index (χ0n) is 11.1. The molecule has 1 fully saturated rings. The lowest BCUT2D eigenvalue weighted by Crippen LogP contribution is -2.23. The first-order valence-corrected chi connectivity index (χ1v) is 6.93. The fourth-order valence-corrected chi connectivity index (χ4v) is 2.50. The van der Waals surface area contributed by atoms with Crippen molar-refractivity contribution in [2.24, 2.45) is 5.92 Å². The average Bonchev–Trinajstić information content (AvgIpc) is 2.40. The molecule has 0 heterocycles. The molecule has 0 spiro atoms. The molecule has 18 heavy (non-hydrogen) atoms. The van der Waals surface area contributed by atoms with Gasteiger partial charge in [0, 0.05) is 6.54 Å². The van der Waals surface area contributed by atoms with Crippen LogP contribution < -0.4 is 10.1 Å². The minimum atomic E-state index is -0.0723. The Bertz CT molecular complexity index is 359. The Labute approximate surface area is 109 Å². The van der Waals surface area contributed by atoms with Crippen LogP contribution in [0, 0.1) is 5.92 Å². The molecule has 1 aromatic rings. The standard InChI is InChI=1S/C15H23NO2/c1-2-18-15-6-4-3-5-14(15)16-11-12-7-9-13(17)10-8-12/h3-6,12-13,16-17H,2,7-11H2,1H3. The molecule has 2 rings (SSSR count). The van der Waals surface area contributed by atoms with Crippen LogP contribution in [0.4, 0.5) is 5.69 Å². The maximum Gasteiger partial charge on any atom is 0.142 e. The van der Waals surface area contributed by atoms with E-state index < -0.39 is 0 Å². The van der Waals surface area contributed by atoms with Crippen LogP contribution in [0.2, 0.25) is 0 Å². The van der Waals surface area contributed by atoms with Crippen LogP contribution in [0.1, 0.15) is 32.6 Å². The highest BCUT2D eigenvalue weighted by Gasteiger charge is 2.19. The topological polar surface area (TPSA) is 41.5 Å². The van der Waals surface area contributed by atoms with Gasteiger partial charge in [-0.15, -0.1) is 0 Å². The van der Waals surface area contributed by atoms with Crippen LogP contribution in [-0.2, 0) is 0 Å². The van der Waals surface area contributed by atoms with Crippen molar-refractivity contribution in [3.8, 4) is 5.75 Å². The molecule has 0 atom stereocenters. The summed E-state index contributed by atoms with van der Waals surface area (Å²) in [5.74, 6) is 1.60. The molecule has 0 saturated heterocycles. The molecule has 3 heteroatoms.